The molecule has 0 heterocycles. The van der Waals surface area contributed by atoms with Gasteiger partial charge in [0.05, 0.1) is 6.54 Å². The van der Waals surface area contributed by atoms with Crippen LogP contribution < -0.4 is 20.9 Å². The fraction of sp³-hybridized carbons (Fsp3) is 0.652. The highest BCUT2D eigenvalue weighted by molar-refractivity contribution is 14.0. The molecule has 3 N–H and O–H groups in total. The summed E-state index contributed by atoms with van der Waals surface area (Å²) in [7, 11) is 2.22. The van der Waals surface area contributed by atoms with Crippen LogP contribution in [0, 0.1) is 5.92 Å². The Bertz CT molecular complexity index is 669. The highest BCUT2D eigenvalue weighted by atomic mass is 127. The molecule has 2 aliphatic rings. The van der Waals surface area contributed by atoms with E-state index in [4.69, 9.17) is 0 Å². The lowest BCUT2D eigenvalue weighted by molar-refractivity contribution is -0.122. The maximum Gasteiger partial charge on any atom is 0.223 e. The zero-order valence-electron chi connectivity index (χ0n) is 18.5. The monoisotopic (exact) mass is 527 g/mol. The lowest BCUT2D eigenvalue weighted by Gasteiger charge is -2.33. The normalized spacial score (nSPS) is 17.1. The number of hydrogen-bond acceptors (Lipinski definition) is 3. The van der Waals surface area contributed by atoms with E-state index in [0.29, 0.717) is 25.7 Å². The van der Waals surface area contributed by atoms with Crippen molar-refractivity contribution in [3.05, 3.63) is 29.8 Å². The van der Waals surface area contributed by atoms with Gasteiger partial charge in [-0.05, 0) is 50.3 Å². The van der Waals surface area contributed by atoms with Gasteiger partial charge in [0.1, 0.15) is 0 Å². The van der Waals surface area contributed by atoms with Crippen LogP contribution in [0.4, 0.5) is 5.69 Å². The summed E-state index contributed by atoms with van der Waals surface area (Å²) in [6, 6.07) is 9.47. The molecule has 7 heteroatoms. The van der Waals surface area contributed by atoms with Gasteiger partial charge in [0.25, 0.3) is 0 Å². The Kier molecular flexibility index (Phi) is 10.7. The average molecular weight is 527 g/mol. The fourth-order valence-electron chi connectivity index (χ4n) is 3.88. The molecule has 3 rings (SSSR count). The quantitative estimate of drug-likeness (QED) is 0.199. The number of aliphatic imine (C=N–C) groups is 1. The van der Waals surface area contributed by atoms with Crippen molar-refractivity contribution in [3.63, 3.8) is 0 Å². The first-order valence-corrected chi connectivity index (χ1v) is 11.3. The Morgan fingerprint density at radius 2 is 1.67 bits per heavy atom. The Hall–Kier alpha value is -1.51. The molecule has 1 aromatic rings. The number of halogens is 1. The third-order valence-corrected chi connectivity index (χ3v) is 5.89. The van der Waals surface area contributed by atoms with Gasteiger partial charge >= 0.3 is 0 Å². The highest BCUT2D eigenvalue weighted by Crippen LogP contribution is 2.28. The van der Waals surface area contributed by atoms with Crippen molar-refractivity contribution in [2.24, 2.45) is 10.9 Å². The predicted octanol–water partition coefficient (Wildman–Crippen LogP) is 3.65. The summed E-state index contributed by atoms with van der Waals surface area (Å²) in [5.41, 5.74) is 2.49. The number of amides is 1. The maximum absolute atomic E-state index is 11.7. The molecule has 1 amide bonds. The van der Waals surface area contributed by atoms with Crippen molar-refractivity contribution in [2.45, 2.75) is 64.5 Å². The van der Waals surface area contributed by atoms with Crippen LogP contribution in [0.3, 0.4) is 0 Å². The van der Waals surface area contributed by atoms with Gasteiger partial charge in [-0.15, -0.1) is 24.0 Å². The summed E-state index contributed by atoms with van der Waals surface area (Å²) >= 11 is 0. The summed E-state index contributed by atoms with van der Waals surface area (Å²) in [6.07, 6.45) is 8.79. The van der Waals surface area contributed by atoms with E-state index in [2.05, 4.69) is 64.1 Å². The van der Waals surface area contributed by atoms with Gasteiger partial charge in [-0.25, -0.2) is 4.99 Å². The van der Waals surface area contributed by atoms with E-state index < -0.39 is 0 Å². The second-order valence-corrected chi connectivity index (χ2v) is 8.26. The number of carbonyl (C=O) groups is 1. The molecule has 0 saturated heterocycles. The van der Waals surface area contributed by atoms with Gasteiger partial charge in [0.15, 0.2) is 5.96 Å². The third kappa shape index (κ3) is 7.96. The molecule has 0 atom stereocenters. The molecule has 30 heavy (non-hydrogen) atoms. The minimum Gasteiger partial charge on any atom is -0.372 e. The van der Waals surface area contributed by atoms with Gasteiger partial charge in [0.2, 0.25) is 5.91 Å². The first-order valence-electron chi connectivity index (χ1n) is 11.3. The van der Waals surface area contributed by atoms with Crippen LogP contribution in [0.1, 0.15) is 57.4 Å². The van der Waals surface area contributed by atoms with E-state index in [-0.39, 0.29) is 35.8 Å². The number of benzene rings is 1. The van der Waals surface area contributed by atoms with E-state index in [0.717, 1.165) is 25.3 Å². The number of nitrogens with one attached hydrogen (secondary N) is 3. The van der Waals surface area contributed by atoms with Gasteiger partial charge in [-0.2, -0.15) is 0 Å². The molecule has 0 unspecified atom stereocenters. The maximum atomic E-state index is 11.7. The second-order valence-electron chi connectivity index (χ2n) is 8.26. The zero-order chi connectivity index (χ0) is 20.5. The molecule has 2 aliphatic carbocycles. The van der Waals surface area contributed by atoms with Gasteiger partial charge in [-0.3, -0.25) is 4.79 Å². The molecular weight excluding hydrogens is 489 g/mol. The van der Waals surface area contributed by atoms with Crippen LogP contribution in [0.15, 0.2) is 29.3 Å². The van der Waals surface area contributed by atoms with Crippen molar-refractivity contribution in [2.75, 3.05) is 31.6 Å². The van der Waals surface area contributed by atoms with Crippen LogP contribution >= 0.6 is 24.0 Å². The van der Waals surface area contributed by atoms with E-state index in [9.17, 15) is 4.79 Å². The Morgan fingerprint density at radius 1 is 1.00 bits per heavy atom. The van der Waals surface area contributed by atoms with Crippen molar-refractivity contribution in [1.29, 1.82) is 0 Å². The molecule has 2 saturated carbocycles. The number of hydrogen-bond donors (Lipinski definition) is 3. The van der Waals surface area contributed by atoms with Gasteiger partial charge in [0, 0.05) is 44.3 Å². The Morgan fingerprint density at radius 3 is 2.30 bits per heavy atom. The van der Waals surface area contributed by atoms with Crippen LogP contribution in [0.5, 0.6) is 0 Å². The van der Waals surface area contributed by atoms with Crippen LogP contribution in [-0.2, 0) is 11.3 Å². The largest absolute Gasteiger partial charge is 0.372 e. The first kappa shape index (κ1) is 24.8. The highest BCUT2D eigenvalue weighted by Gasteiger charge is 2.28. The predicted molar refractivity (Wildman–Crippen MR) is 136 cm³/mol. The van der Waals surface area contributed by atoms with Crippen molar-refractivity contribution in [3.8, 4) is 0 Å². The van der Waals surface area contributed by atoms with Crippen molar-refractivity contribution in [1.82, 2.24) is 16.0 Å². The summed E-state index contributed by atoms with van der Waals surface area (Å²) in [6.45, 7) is 4.81. The molecule has 0 radical (unpaired) electrons. The lowest BCUT2D eigenvalue weighted by atomic mass is 9.94. The topological polar surface area (TPSA) is 68.8 Å². The van der Waals surface area contributed by atoms with E-state index in [1.807, 2.05) is 0 Å². The minimum absolute atomic E-state index is 0. The summed E-state index contributed by atoms with van der Waals surface area (Å²) < 4.78 is 0. The SMILES string of the molecule is CCNC(=NCc1ccc(N(C)C2CCCCC2)cc1)NCCNC(=O)C1CC1.I. The number of guanidine groups is 1. The molecule has 0 aromatic heterocycles. The smallest absolute Gasteiger partial charge is 0.223 e. The minimum atomic E-state index is 0. The molecule has 168 valence electrons. The third-order valence-electron chi connectivity index (χ3n) is 5.89. The van der Waals surface area contributed by atoms with Gasteiger partial charge in [-0.1, -0.05) is 31.4 Å². The summed E-state index contributed by atoms with van der Waals surface area (Å²) in [5, 5.41) is 9.53. The van der Waals surface area contributed by atoms with Crippen LogP contribution in [0.2, 0.25) is 0 Å². The summed E-state index contributed by atoms with van der Waals surface area (Å²) in [4.78, 5) is 18.8. The molecule has 0 bridgehead atoms. The summed E-state index contributed by atoms with van der Waals surface area (Å²) in [5.74, 6) is 1.24. The number of anilines is 1. The molecule has 6 nitrogen and oxygen atoms in total. The molecule has 0 spiro atoms. The second kappa shape index (κ2) is 13.0. The first-order chi connectivity index (χ1) is 14.2. The molecule has 1 aromatic carbocycles. The number of nitrogens with zero attached hydrogens (tertiary/aromatic N) is 2. The lowest BCUT2D eigenvalue weighted by Crippen LogP contribution is -2.41. The molecular formula is C23H38IN5O. The van der Waals surface area contributed by atoms with E-state index in [1.165, 1.54) is 43.4 Å². The van der Waals surface area contributed by atoms with E-state index >= 15 is 0 Å². The van der Waals surface area contributed by atoms with Crippen LogP contribution in [0.25, 0.3) is 0 Å². The molecule has 0 aliphatic heterocycles. The zero-order valence-corrected chi connectivity index (χ0v) is 20.8. The van der Waals surface area contributed by atoms with Crippen molar-refractivity contribution < 1.29 is 4.79 Å². The molecule has 2 fully saturated rings. The standard InChI is InChI=1S/C23H37N5O.HI/c1-3-24-23(26-16-15-25-22(29)19-11-12-19)27-17-18-9-13-21(14-10-18)28(2)20-7-5-4-6-8-20;/h9-10,13-14,19-20H,3-8,11-12,15-17H2,1-2H3,(H,25,29)(H2,24,26,27);1H. The number of rotatable bonds is 9. The Balaban J connectivity index is 0.00000320. The fourth-order valence-corrected chi connectivity index (χ4v) is 3.88. The Labute approximate surface area is 198 Å². The number of carbonyl (C=O) groups excluding carboxylic acids is 1. The van der Waals surface area contributed by atoms with Gasteiger partial charge < -0.3 is 20.9 Å². The van der Waals surface area contributed by atoms with Crippen LogP contribution in [-0.4, -0.2) is 44.6 Å². The van der Waals surface area contributed by atoms with Crippen molar-refractivity contribution >= 4 is 41.5 Å². The van der Waals surface area contributed by atoms with E-state index in [1.54, 1.807) is 0 Å². The average Bonchev–Trinajstić information content (AvgIpc) is 3.61.